The van der Waals surface area contributed by atoms with Crippen molar-refractivity contribution in [3.05, 3.63) is 10.6 Å². The summed E-state index contributed by atoms with van der Waals surface area (Å²) in [5, 5.41) is 0.0542. The number of rotatable bonds is 1. The van der Waals surface area contributed by atoms with E-state index in [0.29, 0.717) is 0 Å². The Kier molecular flexibility index (Phi) is 2.93. The molecule has 0 spiro atoms. The van der Waals surface area contributed by atoms with Crippen LogP contribution in [0.25, 0.3) is 0 Å². The summed E-state index contributed by atoms with van der Waals surface area (Å²) in [6, 6.07) is 0.137. The zero-order valence-corrected chi connectivity index (χ0v) is 9.02. The van der Waals surface area contributed by atoms with Gasteiger partial charge in [0.25, 0.3) is 0 Å². The van der Waals surface area contributed by atoms with Crippen LogP contribution >= 0.6 is 23.2 Å². The highest BCUT2D eigenvalue weighted by Crippen LogP contribution is 2.16. The Labute approximate surface area is 86.3 Å². The van der Waals surface area contributed by atoms with E-state index in [1.165, 1.54) is 0 Å². The lowest BCUT2D eigenvalue weighted by atomic mass is 10.2. The van der Waals surface area contributed by atoms with Gasteiger partial charge in [0, 0.05) is 0 Å². The summed E-state index contributed by atoms with van der Waals surface area (Å²) in [6.45, 7) is 5.62. The summed E-state index contributed by atoms with van der Waals surface area (Å²) in [7, 11) is 0. The van der Waals surface area contributed by atoms with Crippen LogP contribution < -0.4 is 4.74 Å². The van der Waals surface area contributed by atoms with Gasteiger partial charge in [-0.1, -0.05) is 0 Å². The van der Waals surface area contributed by atoms with Gasteiger partial charge in [-0.3, -0.25) is 0 Å². The second-order valence-corrected chi connectivity index (χ2v) is 4.05. The van der Waals surface area contributed by atoms with Crippen LogP contribution in [-0.4, -0.2) is 20.6 Å². The van der Waals surface area contributed by atoms with Crippen LogP contribution in [0.3, 0.4) is 0 Å². The molecule has 0 aliphatic carbocycles. The van der Waals surface area contributed by atoms with Gasteiger partial charge in [-0.05, 0) is 44.0 Å². The predicted molar refractivity (Wildman–Crippen MR) is 50.2 cm³/mol. The summed E-state index contributed by atoms with van der Waals surface area (Å²) in [4.78, 5) is 11.1. The number of hydrogen-bond acceptors (Lipinski definition) is 4. The van der Waals surface area contributed by atoms with E-state index in [0.717, 1.165) is 0 Å². The van der Waals surface area contributed by atoms with E-state index in [1.807, 2.05) is 20.8 Å². The van der Waals surface area contributed by atoms with E-state index in [1.54, 1.807) is 0 Å². The van der Waals surface area contributed by atoms with Crippen LogP contribution in [0, 0.1) is 0 Å². The molecule has 0 atom stereocenters. The molecule has 0 fully saturated rings. The molecule has 0 N–H and O–H groups in total. The lowest BCUT2D eigenvalue weighted by Crippen LogP contribution is -2.24. The lowest BCUT2D eigenvalue weighted by molar-refractivity contribution is 0.116. The first-order valence-corrected chi connectivity index (χ1v) is 4.38. The van der Waals surface area contributed by atoms with Crippen molar-refractivity contribution in [1.29, 1.82) is 0 Å². The van der Waals surface area contributed by atoms with E-state index in [-0.39, 0.29) is 22.2 Å². The second-order valence-electron chi connectivity index (χ2n) is 3.37. The van der Waals surface area contributed by atoms with E-state index < -0.39 is 0 Å². The Morgan fingerprint density at radius 1 is 1.00 bits per heavy atom. The number of aromatic nitrogens is 3. The van der Waals surface area contributed by atoms with Crippen molar-refractivity contribution in [2.45, 2.75) is 26.4 Å². The van der Waals surface area contributed by atoms with Gasteiger partial charge in [0.2, 0.25) is 10.6 Å². The maximum Gasteiger partial charge on any atom is 0.322 e. The topological polar surface area (TPSA) is 47.9 Å². The third-order valence-electron chi connectivity index (χ3n) is 0.958. The van der Waals surface area contributed by atoms with E-state index >= 15 is 0 Å². The van der Waals surface area contributed by atoms with Gasteiger partial charge in [-0.15, -0.1) is 0 Å². The van der Waals surface area contributed by atoms with Crippen molar-refractivity contribution in [3.8, 4) is 6.01 Å². The molecule has 0 unspecified atom stereocenters. The molecule has 4 nitrogen and oxygen atoms in total. The first kappa shape index (κ1) is 10.5. The normalized spacial score (nSPS) is 11.5. The number of halogens is 2. The van der Waals surface area contributed by atoms with Gasteiger partial charge >= 0.3 is 6.01 Å². The number of nitrogens with zero attached hydrogens (tertiary/aromatic N) is 3. The molecule has 0 aliphatic rings. The fraction of sp³-hybridized carbons (Fsp3) is 0.571. The van der Waals surface area contributed by atoms with Crippen molar-refractivity contribution >= 4 is 23.2 Å². The van der Waals surface area contributed by atoms with Crippen molar-refractivity contribution in [2.24, 2.45) is 0 Å². The monoisotopic (exact) mass is 221 g/mol. The Bertz CT molecular complexity index is 291. The number of hydrogen-bond donors (Lipinski definition) is 0. The quantitative estimate of drug-likeness (QED) is 0.731. The summed E-state index contributed by atoms with van der Waals surface area (Å²) in [5.74, 6) is 0. The Hall–Kier alpha value is -0.610. The standard InChI is InChI=1S/C7H9Cl2N3O/c1-7(2,3)13-6-11-4(8)10-5(9)12-6/h1-3H3. The summed E-state index contributed by atoms with van der Waals surface area (Å²) >= 11 is 11.1. The van der Waals surface area contributed by atoms with E-state index in [2.05, 4.69) is 15.0 Å². The smallest absolute Gasteiger partial charge is 0.322 e. The third kappa shape index (κ3) is 3.74. The Morgan fingerprint density at radius 2 is 1.46 bits per heavy atom. The summed E-state index contributed by atoms with van der Waals surface area (Å²) in [6.07, 6.45) is 0. The van der Waals surface area contributed by atoms with Gasteiger partial charge in [0.05, 0.1) is 0 Å². The SMILES string of the molecule is CC(C)(C)Oc1nc(Cl)nc(Cl)n1. The molecule has 13 heavy (non-hydrogen) atoms. The maximum atomic E-state index is 5.55. The highest BCUT2D eigenvalue weighted by molar-refractivity contribution is 6.31. The molecular weight excluding hydrogens is 213 g/mol. The van der Waals surface area contributed by atoms with Gasteiger partial charge in [0.15, 0.2) is 0 Å². The van der Waals surface area contributed by atoms with E-state index in [9.17, 15) is 0 Å². The Morgan fingerprint density at radius 3 is 1.85 bits per heavy atom. The second kappa shape index (κ2) is 3.64. The minimum atomic E-state index is -0.381. The molecule has 1 aromatic rings. The van der Waals surface area contributed by atoms with Gasteiger partial charge in [0.1, 0.15) is 5.60 Å². The molecule has 0 aliphatic heterocycles. The van der Waals surface area contributed by atoms with Crippen LogP contribution in [0.5, 0.6) is 6.01 Å². The molecular formula is C7H9Cl2N3O. The fourth-order valence-electron chi connectivity index (χ4n) is 0.628. The largest absolute Gasteiger partial charge is 0.458 e. The molecule has 6 heteroatoms. The van der Waals surface area contributed by atoms with Crippen molar-refractivity contribution in [1.82, 2.24) is 15.0 Å². The maximum absolute atomic E-state index is 5.55. The zero-order valence-electron chi connectivity index (χ0n) is 7.51. The minimum absolute atomic E-state index is 0.0271. The highest BCUT2D eigenvalue weighted by Gasteiger charge is 2.15. The lowest BCUT2D eigenvalue weighted by Gasteiger charge is -2.18. The van der Waals surface area contributed by atoms with Gasteiger partial charge < -0.3 is 4.74 Å². The van der Waals surface area contributed by atoms with Crippen molar-refractivity contribution in [2.75, 3.05) is 0 Å². The molecule has 1 aromatic heterocycles. The first-order chi connectivity index (χ1) is 5.87. The Balaban J connectivity index is 2.90. The molecule has 1 heterocycles. The average Bonchev–Trinajstić information content (AvgIpc) is 1.78. The molecule has 0 saturated carbocycles. The van der Waals surface area contributed by atoms with Crippen LogP contribution in [0.15, 0.2) is 0 Å². The molecule has 0 amide bonds. The van der Waals surface area contributed by atoms with Gasteiger partial charge in [-0.25, -0.2) is 0 Å². The third-order valence-corrected chi connectivity index (χ3v) is 1.30. The molecule has 0 aromatic carbocycles. The molecule has 72 valence electrons. The van der Waals surface area contributed by atoms with Crippen LogP contribution in [0.1, 0.15) is 20.8 Å². The molecule has 0 saturated heterocycles. The average molecular weight is 222 g/mol. The summed E-state index contributed by atoms with van der Waals surface area (Å²) in [5.41, 5.74) is -0.381. The van der Waals surface area contributed by atoms with Crippen LogP contribution in [-0.2, 0) is 0 Å². The minimum Gasteiger partial charge on any atom is -0.458 e. The van der Waals surface area contributed by atoms with Crippen molar-refractivity contribution < 1.29 is 4.74 Å². The predicted octanol–water partition coefficient (Wildman–Crippen LogP) is 2.36. The number of ether oxygens (including phenoxy) is 1. The molecule has 0 bridgehead atoms. The van der Waals surface area contributed by atoms with E-state index in [4.69, 9.17) is 27.9 Å². The van der Waals surface area contributed by atoms with Crippen LogP contribution in [0.2, 0.25) is 10.6 Å². The first-order valence-electron chi connectivity index (χ1n) is 3.63. The summed E-state index contributed by atoms with van der Waals surface area (Å²) < 4.78 is 5.33. The molecule has 0 radical (unpaired) electrons. The molecule has 1 rings (SSSR count). The fourth-order valence-corrected chi connectivity index (χ4v) is 0.976. The zero-order chi connectivity index (χ0) is 10.1. The van der Waals surface area contributed by atoms with Crippen molar-refractivity contribution in [3.63, 3.8) is 0 Å². The van der Waals surface area contributed by atoms with Crippen LogP contribution in [0.4, 0.5) is 0 Å². The van der Waals surface area contributed by atoms with Gasteiger partial charge in [-0.2, -0.15) is 15.0 Å². The highest BCUT2D eigenvalue weighted by atomic mass is 35.5.